The Kier molecular flexibility index (Phi) is 3.80. The molecule has 0 saturated carbocycles. The minimum absolute atomic E-state index is 0.243. The number of anilines is 2. The Bertz CT molecular complexity index is 1100. The molecule has 0 aliphatic carbocycles. The number of benzene rings is 2. The molecule has 2 aromatic carbocycles. The average molecular weight is 344 g/mol. The topological polar surface area (TPSA) is 95.6 Å². The Morgan fingerprint density at radius 2 is 1.73 bits per heavy atom. The molecule has 2 aromatic heterocycles. The monoisotopic (exact) mass is 344 g/mol. The molecule has 0 amide bonds. The van der Waals surface area contributed by atoms with E-state index in [1.54, 1.807) is 0 Å². The molecule has 0 bridgehead atoms. The summed E-state index contributed by atoms with van der Waals surface area (Å²) >= 11 is 0. The third-order valence-corrected chi connectivity index (χ3v) is 4.69. The third kappa shape index (κ3) is 2.75. The Balaban J connectivity index is 1.85. The Morgan fingerprint density at radius 1 is 0.962 bits per heavy atom. The van der Waals surface area contributed by atoms with E-state index < -0.39 is 0 Å². The summed E-state index contributed by atoms with van der Waals surface area (Å²) in [6, 6.07) is 13.9. The summed E-state index contributed by atoms with van der Waals surface area (Å²) < 4.78 is 1.84. The molecule has 0 spiro atoms. The van der Waals surface area contributed by atoms with E-state index in [1.165, 1.54) is 11.1 Å². The van der Waals surface area contributed by atoms with Gasteiger partial charge < -0.3 is 11.5 Å². The number of nitrogen functional groups attached to an aromatic ring is 2. The number of aromatic nitrogens is 4. The molecule has 2 heterocycles. The van der Waals surface area contributed by atoms with Gasteiger partial charge in [-0.05, 0) is 42.7 Å². The number of hydrogen-bond acceptors (Lipinski definition) is 5. The van der Waals surface area contributed by atoms with Crippen molar-refractivity contribution in [1.29, 1.82) is 0 Å². The van der Waals surface area contributed by atoms with Crippen molar-refractivity contribution in [1.82, 2.24) is 19.7 Å². The second-order valence-corrected chi connectivity index (χ2v) is 6.46. The summed E-state index contributed by atoms with van der Waals surface area (Å²) in [7, 11) is 0. The number of fused-ring (bicyclic) bond motifs is 1. The molecule has 4 N–H and O–H groups in total. The van der Waals surface area contributed by atoms with Gasteiger partial charge in [0.2, 0.25) is 5.95 Å². The first-order valence-electron chi connectivity index (χ1n) is 8.43. The van der Waals surface area contributed by atoms with Gasteiger partial charge in [-0.3, -0.25) is 0 Å². The van der Waals surface area contributed by atoms with Crippen LogP contribution < -0.4 is 11.5 Å². The van der Waals surface area contributed by atoms with Crippen molar-refractivity contribution in [3.05, 3.63) is 65.4 Å². The van der Waals surface area contributed by atoms with Crippen LogP contribution in [0.2, 0.25) is 0 Å². The van der Waals surface area contributed by atoms with Crippen LogP contribution in [0.25, 0.3) is 22.3 Å². The lowest BCUT2D eigenvalue weighted by Crippen LogP contribution is -2.05. The van der Waals surface area contributed by atoms with E-state index in [-0.39, 0.29) is 5.95 Å². The van der Waals surface area contributed by atoms with Gasteiger partial charge in [-0.25, -0.2) is 9.67 Å². The maximum Gasteiger partial charge on any atom is 0.222 e. The molecule has 0 saturated heterocycles. The molecule has 6 nitrogen and oxygen atoms in total. The quantitative estimate of drug-likeness (QED) is 0.556. The van der Waals surface area contributed by atoms with Gasteiger partial charge in [0, 0.05) is 11.3 Å². The van der Waals surface area contributed by atoms with E-state index in [0.29, 0.717) is 6.54 Å². The lowest BCUT2D eigenvalue weighted by molar-refractivity contribution is 0.704. The number of nitrogens with zero attached hydrogens (tertiary/aromatic N) is 4. The molecule has 4 rings (SSSR count). The second-order valence-electron chi connectivity index (χ2n) is 6.46. The summed E-state index contributed by atoms with van der Waals surface area (Å²) in [5, 5.41) is 5.41. The zero-order chi connectivity index (χ0) is 18.3. The fourth-order valence-electron chi connectivity index (χ4n) is 3.10. The smallest absolute Gasteiger partial charge is 0.222 e. The van der Waals surface area contributed by atoms with Crippen molar-refractivity contribution in [2.75, 3.05) is 11.5 Å². The van der Waals surface area contributed by atoms with Crippen molar-refractivity contribution in [2.45, 2.75) is 20.4 Å². The van der Waals surface area contributed by atoms with Crippen molar-refractivity contribution in [3.63, 3.8) is 0 Å². The van der Waals surface area contributed by atoms with E-state index in [2.05, 4.69) is 41.0 Å². The molecule has 26 heavy (non-hydrogen) atoms. The van der Waals surface area contributed by atoms with Crippen molar-refractivity contribution in [2.24, 2.45) is 0 Å². The first kappa shape index (κ1) is 16.1. The third-order valence-electron chi connectivity index (χ3n) is 4.69. The minimum atomic E-state index is 0.243. The Morgan fingerprint density at radius 3 is 2.50 bits per heavy atom. The molecule has 4 aromatic rings. The maximum atomic E-state index is 6.01. The Labute approximate surface area is 151 Å². The van der Waals surface area contributed by atoms with Crippen molar-refractivity contribution >= 4 is 22.7 Å². The van der Waals surface area contributed by atoms with Gasteiger partial charge in [-0.2, -0.15) is 10.1 Å². The first-order valence-corrected chi connectivity index (χ1v) is 8.43. The summed E-state index contributed by atoms with van der Waals surface area (Å²) in [5.41, 5.74) is 18.6. The number of nitrogens with two attached hydrogens (primary N) is 2. The molecule has 130 valence electrons. The fourth-order valence-corrected chi connectivity index (χ4v) is 3.10. The average Bonchev–Trinajstić information content (AvgIpc) is 3.01. The zero-order valence-corrected chi connectivity index (χ0v) is 14.8. The molecule has 0 radical (unpaired) electrons. The standard InChI is InChI=1S/C20H20N6/c1-12-4-3-5-16(13(12)2)18-17-10-23-26(19(17)25-20(22)24-18)11-14-6-8-15(21)9-7-14/h3-10H,11,21H2,1-2H3,(H2,22,24,25). The van der Waals surface area contributed by atoms with Crippen LogP contribution in [0.15, 0.2) is 48.7 Å². The summed E-state index contributed by atoms with van der Waals surface area (Å²) in [6.45, 7) is 4.77. The summed E-state index contributed by atoms with van der Waals surface area (Å²) in [4.78, 5) is 8.93. The second kappa shape index (κ2) is 6.15. The molecular weight excluding hydrogens is 324 g/mol. The van der Waals surface area contributed by atoms with Gasteiger partial charge in [0.15, 0.2) is 5.65 Å². The van der Waals surface area contributed by atoms with Gasteiger partial charge in [0.1, 0.15) is 0 Å². The highest BCUT2D eigenvalue weighted by Gasteiger charge is 2.15. The van der Waals surface area contributed by atoms with Gasteiger partial charge in [0.05, 0.1) is 23.8 Å². The summed E-state index contributed by atoms with van der Waals surface area (Å²) in [6.07, 6.45) is 1.81. The van der Waals surface area contributed by atoms with Gasteiger partial charge in [-0.15, -0.1) is 0 Å². The molecule has 0 aliphatic rings. The number of aryl methyl sites for hydroxylation is 1. The lowest BCUT2D eigenvalue weighted by Gasteiger charge is -2.10. The van der Waals surface area contributed by atoms with E-state index in [4.69, 9.17) is 11.5 Å². The normalized spacial score (nSPS) is 11.2. The van der Waals surface area contributed by atoms with E-state index >= 15 is 0 Å². The highest BCUT2D eigenvalue weighted by molar-refractivity contribution is 5.92. The van der Waals surface area contributed by atoms with Gasteiger partial charge in [0.25, 0.3) is 0 Å². The summed E-state index contributed by atoms with van der Waals surface area (Å²) in [5.74, 6) is 0.243. The van der Waals surface area contributed by atoms with Crippen LogP contribution >= 0.6 is 0 Å². The molecule has 0 fully saturated rings. The van der Waals surface area contributed by atoms with Gasteiger partial charge >= 0.3 is 0 Å². The predicted molar refractivity (Wildman–Crippen MR) is 105 cm³/mol. The van der Waals surface area contributed by atoms with E-state index in [1.807, 2.05) is 41.2 Å². The van der Waals surface area contributed by atoms with Crippen LogP contribution in [-0.2, 0) is 6.54 Å². The largest absolute Gasteiger partial charge is 0.399 e. The van der Waals surface area contributed by atoms with Crippen molar-refractivity contribution in [3.8, 4) is 11.3 Å². The molecular formula is C20H20N6. The molecule has 0 unspecified atom stereocenters. The molecule has 0 atom stereocenters. The van der Waals surface area contributed by atoms with Crippen LogP contribution in [0.1, 0.15) is 16.7 Å². The first-order chi connectivity index (χ1) is 12.5. The number of rotatable bonds is 3. The van der Waals surface area contributed by atoms with Crippen LogP contribution in [0, 0.1) is 13.8 Å². The highest BCUT2D eigenvalue weighted by atomic mass is 15.3. The minimum Gasteiger partial charge on any atom is -0.399 e. The zero-order valence-electron chi connectivity index (χ0n) is 14.8. The lowest BCUT2D eigenvalue weighted by atomic mass is 9.99. The van der Waals surface area contributed by atoms with Gasteiger partial charge in [-0.1, -0.05) is 30.3 Å². The van der Waals surface area contributed by atoms with E-state index in [9.17, 15) is 0 Å². The maximum absolute atomic E-state index is 6.01. The van der Waals surface area contributed by atoms with Crippen LogP contribution in [0.3, 0.4) is 0 Å². The van der Waals surface area contributed by atoms with Crippen molar-refractivity contribution < 1.29 is 0 Å². The Hall–Kier alpha value is -3.41. The SMILES string of the molecule is Cc1cccc(-c2nc(N)nc3c2cnn3Cc2ccc(N)cc2)c1C. The van der Waals surface area contributed by atoms with Crippen LogP contribution in [-0.4, -0.2) is 19.7 Å². The molecule has 6 heteroatoms. The predicted octanol–water partition coefficient (Wildman–Crippen LogP) is 3.32. The highest BCUT2D eigenvalue weighted by Crippen LogP contribution is 2.30. The molecule has 0 aliphatic heterocycles. The van der Waals surface area contributed by atoms with E-state index in [0.717, 1.165) is 33.5 Å². The number of hydrogen-bond donors (Lipinski definition) is 2. The fraction of sp³-hybridized carbons (Fsp3) is 0.150. The van der Waals surface area contributed by atoms with Crippen LogP contribution in [0.4, 0.5) is 11.6 Å². The van der Waals surface area contributed by atoms with Crippen LogP contribution in [0.5, 0.6) is 0 Å².